The van der Waals surface area contributed by atoms with Gasteiger partial charge < -0.3 is 21.7 Å². The summed E-state index contributed by atoms with van der Waals surface area (Å²) in [6, 6.07) is 13.2. The van der Waals surface area contributed by atoms with Gasteiger partial charge in [-0.3, -0.25) is 19.6 Å². The third-order valence-electron chi connectivity index (χ3n) is 4.86. The minimum Gasteiger partial charge on any atom is -0.339 e. The second-order valence-electron chi connectivity index (χ2n) is 7.32. The Morgan fingerprint density at radius 1 is 0.969 bits per heavy atom. The van der Waals surface area contributed by atoms with Crippen molar-refractivity contribution in [3.8, 4) is 11.1 Å². The highest BCUT2D eigenvalue weighted by atomic mass is 16.5. The van der Waals surface area contributed by atoms with Gasteiger partial charge in [0.25, 0.3) is 11.8 Å². The molecule has 3 amide bonds. The van der Waals surface area contributed by atoms with Gasteiger partial charge >= 0.3 is 0 Å². The normalized spacial score (nSPS) is 11.5. The van der Waals surface area contributed by atoms with E-state index < -0.39 is 17.9 Å². The van der Waals surface area contributed by atoms with Crippen molar-refractivity contribution >= 4 is 23.4 Å². The van der Waals surface area contributed by atoms with E-state index >= 15 is 0 Å². The molecule has 0 aliphatic heterocycles. The monoisotopic (exact) mass is 441 g/mol. The Bertz CT molecular complexity index is 884. The van der Waals surface area contributed by atoms with Gasteiger partial charge in [-0.1, -0.05) is 44.0 Å². The van der Waals surface area contributed by atoms with E-state index in [0.29, 0.717) is 11.3 Å². The highest BCUT2D eigenvalue weighted by Crippen LogP contribution is 2.22. The van der Waals surface area contributed by atoms with Gasteiger partial charge in [0.15, 0.2) is 0 Å². The molecular weight excluding hydrogens is 410 g/mol. The van der Waals surface area contributed by atoms with Crippen molar-refractivity contribution in [1.82, 2.24) is 16.1 Å². The standard InChI is InChI=1S/C23H31N5O4/c1-2-3-4-13-25-15-21(29)26-19-11-9-17(10-12-19)16-5-7-18(8-6-16)22(30)27-20(14-24)23(31)28-32/h5-12,20,25,32H,2-4,13-15,24H2,1H3,(H,26,29)(H,27,30)(H,28,31)/t20-/m0/s1. The SMILES string of the molecule is CCCCCNCC(=O)Nc1ccc(-c2ccc(C(=O)N[C@@H](CN)C(=O)NO)cc2)cc1. The number of rotatable bonds is 12. The number of anilines is 1. The number of carbonyl (C=O) groups is 3. The smallest absolute Gasteiger partial charge is 0.267 e. The van der Waals surface area contributed by atoms with E-state index in [2.05, 4.69) is 22.9 Å². The molecule has 0 bridgehead atoms. The fraction of sp³-hybridized carbons (Fsp3) is 0.348. The topological polar surface area (TPSA) is 146 Å². The van der Waals surface area contributed by atoms with Gasteiger partial charge in [-0.15, -0.1) is 0 Å². The summed E-state index contributed by atoms with van der Waals surface area (Å²) < 4.78 is 0. The van der Waals surface area contributed by atoms with Gasteiger partial charge in [0, 0.05) is 17.8 Å². The Labute approximate surface area is 187 Å². The summed E-state index contributed by atoms with van der Waals surface area (Å²) in [5, 5.41) is 17.1. The van der Waals surface area contributed by atoms with Crippen LogP contribution in [-0.2, 0) is 9.59 Å². The Balaban J connectivity index is 1.91. The maximum absolute atomic E-state index is 12.3. The van der Waals surface area contributed by atoms with E-state index in [4.69, 9.17) is 10.9 Å². The number of hydrogen-bond donors (Lipinski definition) is 6. The van der Waals surface area contributed by atoms with E-state index in [0.717, 1.165) is 36.9 Å². The molecule has 0 spiro atoms. The lowest BCUT2D eigenvalue weighted by Crippen LogP contribution is -2.50. The summed E-state index contributed by atoms with van der Waals surface area (Å²) >= 11 is 0. The highest BCUT2D eigenvalue weighted by molar-refractivity contribution is 5.98. The molecule has 9 heteroatoms. The summed E-state index contributed by atoms with van der Waals surface area (Å²) in [5.74, 6) is -1.34. The highest BCUT2D eigenvalue weighted by Gasteiger charge is 2.19. The maximum atomic E-state index is 12.3. The molecule has 9 nitrogen and oxygen atoms in total. The predicted molar refractivity (Wildman–Crippen MR) is 123 cm³/mol. The first-order valence-electron chi connectivity index (χ1n) is 10.6. The molecule has 2 rings (SSSR count). The molecule has 1 atom stereocenters. The summed E-state index contributed by atoms with van der Waals surface area (Å²) in [7, 11) is 0. The summed E-state index contributed by atoms with van der Waals surface area (Å²) in [5.41, 5.74) is 9.79. The van der Waals surface area contributed by atoms with Crippen molar-refractivity contribution < 1.29 is 19.6 Å². The van der Waals surface area contributed by atoms with Crippen LogP contribution in [0.1, 0.15) is 36.5 Å². The second-order valence-corrected chi connectivity index (χ2v) is 7.32. The number of unbranched alkanes of at least 4 members (excludes halogenated alkanes) is 2. The van der Waals surface area contributed by atoms with Gasteiger partial charge in [-0.2, -0.15) is 0 Å². The number of nitrogens with one attached hydrogen (secondary N) is 4. The van der Waals surface area contributed by atoms with Gasteiger partial charge in [0.05, 0.1) is 6.54 Å². The van der Waals surface area contributed by atoms with Crippen LogP contribution in [0.4, 0.5) is 5.69 Å². The van der Waals surface area contributed by atoms with Crippen LogP contribution in [0.15, 0.2) is 48.5 Å². The Morgan fingerprint density at radius 3 is 2.16 bits per heavy atom. The first-order valence-corrected chi connectivity index (χ1v) is 10.6. The van der Waals surface area contributed by atoms with Gasteiger partial charge in [-0.05, 0) is 48.4 Å². The molecule has 0 heterocycles. The molecule has 0 aromatic heterocycles. The van der Waals surface area contributed by atoms with Crippen LogP contribution in [0.25, 0.3) is 11.1 Å². The number of hydrogen-bond acceptors (Lipinski definition) is 6. The molecule has 0 fully saturated rings. The average Bonchev–Trinajstić information content (AvgIpc) is 2.82. The summed E-state index contributed by atoms with van der Waals surface area (Å²) in [4.78, 5) is 35.7. The van der Waals surface area contributed by atoms with Crippen LogP contribution in [0.2, 0.25) is 0 Å². The predicted octanol–water partition coefficient (Wildman–Crippen LogP) is 1.63. The molecule has 32 heavy (non-hydrogen) atoms. The average molecular weight is 442 g/mol. The van der Waals surface area contributed by atoms with Crippen molar-refractivity contribution in [1.29, 1.82) is 0 Å². The van der Waals surface area contributed by atoms with Crippen LogP contribution >= 0.6 is 0 Å². The van der Waals surface area contributed by atoms with Crippen molar-refractivity contribution in [3.63, 3.8) is 0 Å². The molecular formula is C23H31N5O4. The zero-order valence-electron chi connectivity index (χ0n) is 18.2. The van der Waals surface area contributed by atoms with Crippen molar-refractivity contribution in [2.24, 2.45) is 5.73 Å². The van der Waals surface area contributed by atoms with Crippen molar-refractivity contribution in [2.45, 2.75) is 32.2 Å². The number of nitrogens with two attached hydrogens (primary N) is 1. The number of hydroxylamine groups is 1. The molecule has 0 saturated heterocycles. The van der Waals surface area contributed by atoms with E-state index in [9.17, 15) is 14.4 Å². The quantitative estimate of drug-likeness (QED) is 0.168. The zero-order chi connectivity index (χ0) is 23.3. The molecule has 172 valence electrons. The lowest BCUT2D eigenvalue weighted by atomic mass is 10.0. The third kappa shape index (κ3) is 7.77. The summed E-state index contributed by atoms with van der Waals surface area (Å²) in [6.07, 6.45) is 3.36. The van der Waals surface area contributed by atoms with E-state index in [1.807, 2.05) is 24.3 Å². The Kier molecular flexibility index (Phi) is 10.3. The lowest BCUT2D eigenvalue weighted by molar-refractivity contribution is -0.130. The largest absolute Gasteiger partial charge is 0.339 e. The molecule has 0 saturated carbocycles. The molecule has 2 aromatic carbocycles. The molecule has 0 aliphatic carbocycles. The van der Waals surface area contributed by atoms with Crippen LogP contribution in [0.5, 0.6) is 0 Å². The zero-order valence-corrected chi connectivity index (χ0v) is 18.2. The van der Waals surface area contributed by atoms with Gasteiger partial charge in [0.1, 0.15) is 6.04 Å². The molecule has 2 aromatic rings. The third-order valence-corrected chi connectivity index (χ3v) is 4.86. The minimum atomic E-state index is -1.03. The van der Waals surface area contributed by atoms with Crippen molar-refractivity contribution in [3.05, 3.63) is 54.1 Å². The van der Waals surface area contributed by atoms with Crippen LogP contribution in [0, 0.1) is 0 Å². The van der Waals surface area contributed by atoms with Gasteiger partial charge in [-0.25, -0.2) is 5.48 Å². The first kappa shape index (κ1) is 25.0. The number of carbonyl (C=O) groups excluding carboxylic acids is 3. The van der Waals surface area contributed by atoms with Crippen LogP contribution < -0.4 is 27.2 Å². The van der Waals surface area contributed by atoms with E-state index in [1.54, 1.807) is 24.3 Å². The van der Waals surface area contributed by atoms with E-state index in [1.165, 1.54) is 5.48 Å². The van der Waals surface area contributed by atoms with Crippen molar-refractivity contribution in [2.75, 3.05) is 25.0 Å². The fourth-order valence-electron chi connectivity index (χ4n) is 3.02. The molecule has 0 unspecified atom stereocenters. The lowest BCUT2D eigenvalue weighted by Gasteiger charge is -2.14. The molecule has 0 aliphatic rings. The number of amides is 3. The fourth-order valence-corrected chi connectivity index (χ4v) is 3.02. The molecule has 7 N–H and O–H groups in total. The maximum Gasteiger partial charge on any atom is 0.267 e. The minimum absolute atomic E-state index is 0.0877. The van der Waals surface area contributed by atoms with E-state index in [-0.39, 0.29) is 19.0 Å². The van der Waals surface area contributed by atoms with Crippen LogP contribution in [0.3, 0.4) is 0 Å². The summed E-state index contributed by atoms with van der Waals surface area (Å²) in [6.45, 7) is 3.10. The van der Waals surface area contributed by atoms with Gasteiger partial charge in [0.2, 0.25) is 5.91 Å². The number of benzene rings is 2. The van der Waals surface area contributed by atoms with Crippen LogP contribution in [-0.4, -0.2) is 48.6 Å². The Morgan fingerprint density at radius 2 is 1.59 bits per heavy atom. The first-order chi connectivity index (χ1) is 15.5. The molecule has 0 radical (unpaired) electrons. The second kappa shape index (κ2) is 13.2. The Hall–Kier alpha value is -3.27.